The van der Waals surface area contributed by atoms with Crippen molar-refractivity contribution in [3.8, 4) is 11.5 Å². The summed E-state index contributed by atoms with van der Waals surface area (Å²) in [6.07, 6.45) is 0. The van der Waals surface area contributed by atoms with Gasteiger partial charge in [0, 0.05) is 8.95 Å². The van der Waals surface area contributed by atoms with Crippen molar-refractivity contribution in [2.24, 2.45) is 0 Å². The second-order valence-electron chi connectivity index (χ2n) is 4.16. The highest BCUT2D eigenvalue weighted by Gasteiger charge is 2.06. The summed E-state index contributed by atoms with van der Waals surface area (Å²) in [4.78, 5) is 0. The molecule has 0 unspecified atom stereocenters. The molecular weight excluding hydrogens is 358 g/mol. The lowest BCUT2D eigenvalue weighted by molar-refractivity contribution is 0.484. The molecule has 0 spiro atoms. The number of halogens is 2. The minimum atomic E-state index is 0.614. The highest BCUT2D eigenvalue weighted by atomic mass is 79.9. The van der Waals surface area contributed by atoms with Gasteiger partial charge in [0.15, 0.2) is 0 Å². The SMILES string of the molecule is Cc1cc(Oc2ccc(Br)cc2N)cc(C)c1Br. The summed E-state index contributed by atoms with van der Waals surface area (Å²) in [5, 5.41) is 0. The van der Waals surface area contributed by atoms with Gasteiger partial charge in [-0.3, -0.25) is 0 Å². The maximum atomic E-state index is 5.91. The first kappa shape index (κ1) is 13.4. The number of aryl methyl sites for hydroxylation is 2. The fourth-order valence-electron chi connectivity index (χ4n) is 1.70. The summed E-state index contributed by atoms with van der Waals surface area (Å²) in [7, 11) is 0. The molecule has 0 saturated heterocycles. The van der Waals surface area contributed by atoms with Gasteiger partial charge in [-0.2, -0.15) is 0 Å². The second kappa shape index (κ2) is 5.33. The van der Waals surface area contributed by atoms with Crippen molar-refractivity contribution in [2.75, 3.05) is 5.73 Å². The lowest BCUT2D eigenvalue weighted by Crippen LogP contribution is -1.93. The molecule has 0 aromatic heterocycles. The molecule has 18 heavy (non-hydrogen) atoms. The van der Waals surface area contributed by atoms with Crippen LogP contribution in [0.1, 0.15) is 11.1 Å². The zero-order valence-corrected chi connectivity index (χ0v) is 13.3. The monoisotopic (exact) mass is 369 g/mol. The van der Waals surface area contributed by atoms with Crippen molar-refractivity contribution in [3.63, 3.8) is 0 Å². The molecule has 0 atom stereocenters. The maximum absolute atomic E-state index is 5.91. The quantitative estimate of drug-likeness (QED) is 0.737. The smallest absolute Gasteiger partial charge is 0.150 e. The highest BCUT2D eigenvalue weighted by Crippen LogP contribution is 2.33. The number of benzene rings is 2. The summed E-state index contributed by atoms with van der Waals surface area (Å²) in [5.74, 6) is 1.46. The van der Waals surface area contributed by atoms with Gasteiger partial charge in [-0.1, -0.05) is 31.9 Å². The highest BCUT2D eigenvalue weighted by molar-refractivity contribution is 9.10. The van der Waals surface area contributed by atoms with Gasteiger partial charge in [-0.25, -0.2) is 0 Å². The van der Waals surface area contributed by atoms with Gasteiger partial charge >= 0.3 is 0 Å². The van der Waals surface area contributed by atoms with Crippen molar-refractivity contribution in [2.45, 2.75) is 13.8 Å². The molecule has 0 aliphatic rings. The van der Waals surface area contributed by atoms with E-state index in [9.17, 15) is 0 Å². The van der Waals surface area contributed by atoms with Crippen LogP contribution in [0.25, 0.3) is 0 Å². The summed E-state index contributed by atoms with van der Waals surface area (Å²) >= 11 is 6.91. The summed E-state index contributed by atoms with van der Waals surface area (Å²) in [6, 6.07) is 9.56. The Hall–Kier alpha value is -1.00. The van der Waals surface area contributed by atoms with Crippen molar-refractivity contribution in [1.29, 1.82) is 0 Å². The molecule has 2 aromatic rings. The third kappa shape index (κ3) is 2.87. The predicted octanol–water partition coefficient (Wildman–Crippen LogP) is 5.20. The Morgan fingerprint density at radius 2 is 1.61 bits per heavy atom. The first-order chi connectivity index (χ1) is 8.47. The van der Waals surface area contributed by atoms with E-state index in [4.69, 9.17) is 10.5 Å². The Bertz CT molecular complexity index is 573. The largest absolute Gasteiger partial charge is 0.455 e. The van der Waals surface area contributed by atoms with Crippen LogP contribution >= 0.6 is 31.9 Å². The molecule has 0 radical (unpaired) electrons. The number of anilines is 1. The Kier molecular flexibility index (Phi) is 3.97. The van der Waals surface area contributed by atoms with Crippen LogP contribution in [0.15, 0.2) is 39.3 Å². The van der Waals surface area contributed by atoms with E-state index in [0.29, 0.717) is 11.4 Å². The first-order valence-electron chi connectivity index (χ1n) is 5.47. The Morgan fingerprint density at radius 3 is 2.17 bits per heavy atom. The van der Waals surface area contributed by atoms with Crippen molar-refractivity contribution in [1.82, 2.24) is 0 Å². The van der Waals surface area contributed by atoms with Crippen LogP contribution in [0.2, 0.25) is 0 Å². The Morgan fingerprint density at radius 1 is 1.00 bits per heavy atom. The number of nitrogens with two attached hydrogens (primary N) is 1. The molecule has 0 bridgehead atoms. The summed E-state index contributed by atoms with van der Waals surface area (Å²) in [5.41, 5.74) is 8.80. The van der Waals surface area contributed by atoms with Gasteiger partial charge in [0.1, 0.15) is 11.5 Å². The molecule has 4 heteroatoms. The van der Waals surface area contributed by atoms with Crippen molar-refractivity contribution in [3.05, 3.63) is 50.4 Å². The van der Waals surface area contributed by atoms with Crippen LogP contribution in [0.5, 0.6) is 11.5 Å². The fourth-order valence-corrected chi connectivity index (χ4v) is 2.31. The number of rotatable bonds is 2. The molecule has 0 fully saturated rings. The molecule has 0 aliphatic carbocycles. The van der Waals surface area contributed by atoms with Gasteiger partial charge in [0.2, 0.25) is 0 Å². The number of hydrogen-bond donors (Lipinski definition) is 1. The first-order valence-corrected chi connectivity index (χ1v) is 7.05. The molecular formula is C14H13Br2NO. The minimum absolute atomic E-state index is 0.614. The van der Waals surface area contributed by atoms with E-state index in [1.54, 1.807) is 0 Å². The van der Waals surface area contributed by atoms with Crippen LogP contribution in [0.3, 0.4) is 0 Å². The zero-order valence-electron chi connectivity index (χ0n) is 10.1. The predicted molar refractivity (Wildman–Crippen MR) is 82.2 cm³/mol. The van der Waals surface area contributed by atoms with Gasteiger partial charge in [-0.15, -0.1) is 0 Å². The van der Waals surface area contributed by atoms with E-state index in [1.807, 2.05) is 44.2 Å². The van der Waals surface area contributed by atoms with E-state index in [0.717, 1.165) is 25.8 Å². The molecule has 0 heterocycles. The summed E-state index contributed by atoms with van der Waals surface area (Å²) < 4.78 is 7.86. The van der Waals surface area contributed by atoms with Crippen LogP contribution in [-0.4, -0.2) is 0 Å². The number of hydrogen-bond acceptors (Lipinski definition) is 2. The van der Waals surface area contributed by atoms with E-state index in [1.165, 1.54) is 0 Å². The molecule has 2 rings (SSSR count). The minimum Gasteiger partial charge on any atom is -0.455 e. The number of ether oxygens (including phenoxy) is 1. The Balaban J connectivity index is 2.34. The molecule has 0 aliphatic heterocycles. The summed E-state index contributed by atoms with van der Waals surface area (Å²) in [6.45, 7) is 4.07. The van der Waals surface area contributed by atoms with Crippen LogP contribution < -0.4 is 10.5 Å². The lowest BCUT2D eigenvalue weighted by Gasteiger charge is -2.11. The van der Waals surface area contributed by atoms with Crippen molar-refractivity contribution >= 4 is 37.5 Å². The van der Waals surface area contributed by atoms with Gasteiger partial charge < -0.3 is 10.5 Å². The molecule has 2 N–H and O–H groups in total. The average Bonchev–Trinajstić information content (AvgIpc) is 2.29. The van der Waals surface area contributed by atoms with Gasteiger partial charge in [0.25, 0.3) is 0 Å². The normalized spacial score (nSPS) is 10.4. The van der Waals surface area contributed by atoms with Crippen molar-refractivity contribution < 1.29 is 4.74 Å². The average molecular weight is 371 g/mol. The molecule has 2 aromatic carbocycles. The van der Waals surface area contributed by atoms with Gasteiger partial charge in [-0.05, 0) is 55.3 Å². The molecule has 0 saturated carbocycles. The molecule has 2 nitrogen and oxygen atoms in total. The van der Waals surface area contributed by atoms with E-state index in [2.05, 4.69) is 31.9 Å². The topological polar surface area (TPSA) is 35.2 Å². The maximum Gasteiger partial charge on any atom is 0.150 e. The van der Waals surface area contributed by atoms with E-state index in [-0.39, 0.29) is 0 Å². The lowest BCUT2D eigenvalue weighted by atomic mass is 10.1. The van der Waals surface area contributed by atoms with E-state index < -0.39 is 0 Å². The number of nitrogen functional groups attached to an aromatic ring is 1. The Labute approximate surface area is 123 Å². The van der Waals surface area contributed by atoms with E-state index >= 15 is 0 Å². The standard InChI is InChI=1S/C14H13Br2NO/c1-8-5-11(6-9(2)14(8)16)18-13-4-3-10(15)7-12(13)17/h3-7H,17H2,1-2H3. The third-order valence-corrected chi connectivity index (χ3v) is 4.35. The van der Waals surface area contributed by atoms with Crippen LogP contribution in [0, 0.1) is 13.8 Å². The molecule has 0 amide bonds. The zero-order chi connectivity index (χ0) is 13.3. The second-order valence-corrected chi connectivity index (χ2v) is 5.86. The third-order valence-electron chi connectivity index (χ3n) is 2.61. The van der Waals surface area contributed by atoms with Gasteiger partial charge in [0.05, 0.1) is 5.69 Å². The molecule has 94 valence electrons. The fraction of sp³-hybridized carbons (Fsp3) is 0.143. The van der Waals surface area contributed by atoms with Crippen LogP contribution in [-0.2, 0) is 0 Å². The van der Waals surface area contributed by atoms with Crippen LogP contribution in [0.4, 0.5) is 5.69 Å².